The molecule has 1 N–H and O–H groups in total. The molecule has 0 amide bonds. The lowest BCUT2D eigenvalue weighted by molar-refractivity contribution is 0.412. The number of hydrogen-bond acceptors (Lipinski definition) is 1. The van der Waals surface area contributed by atoms with Gasteiger partial charge in [-0.3, -0.25) is 0 Å². The van der Waals surface area contributed by atoms with Gasteiger partial charge in [-0.15, -0.1) is 0 Å². The van der Waals surface area contributed by atoms with Gasteiger partial charge in [0.1, 0.15) is 0 Å². The second-order valence-electron chi connectivity index (χ2n) is 4.95. The highest BCUT2D eigenvalue weighted by Gasteiger charge is 2.34. The minimum atomic E-state index is 0.915. The second kappa shape index (κ2) is 4.97. The molecule has 3 atom stereocenters. The number of fused-ring (bicyclic) bond motifs is 2. The monoisotopic (exact) mass is 193 g/mol. The molecule has 2 aliphatic rings. The molecule has 0 heterocycles. The molecule has 2 rings (SSSR count). The summed E-state index contributed by atoms with van der Waals surface area (Å²) < 4.78 is 0. The van der Waals surface area contributed by atoms with Crippen molar-refractivity contribution in [1.29, 1.82) is 0 Å². The Balaban J connectivity index is 1.56. The Kier molecular flexibility index (Phi) is 3.63. The Labute approximate surface area is 88.0 Å². The van der Waals surface area contributed by atoms with Crippen molar-refractivity contribution in [2.24, 2.45) is 17.8 Å². The maximum absolute atomic E-state index is 3.61. The van der Waals surface area contributed by atoms with Gasteiger partial charge in [0.15, 0.2) is 0 Å². The van der Waals surface area contributed by atoms with Gasteiger partial charge in [-0.05, 0) is 50.1 Å². The average Bonchev–Trinajstić information content (AvgIpc) is 2.79. The lowest BCUT2D eigenvalue weighted by Crippen LogP contribution is -2.26. The quantitative estimate of drug-likeness (QED) is 0.505. The van der Waals surface area contributed by atoms with Gasteiger partial charge in [0.25, 0.3) is 0 Å². The van der Waals surface area contributed by atoms with E-state index in [-0.39, 0.29) is 0 Å². The van der Waals surface area contributed by atoms with Crippen LogP contribution in [-0.2, 0) is 0 Å². The van der Waals surface area contributed by atoms with Gasteiger partial charge in [-0.25, -0.2) is 0 Å². The Morgan fingerprint density at radius 2 is 2.14 bits per heavy atom. The predicted molar refractivity (Wildman–Crippen MR) is 61.2 cm³/mol. The summed E-state index contributed by atoms with van der Waals surface area (Å²) >= 11 is 0. The van der Waals surface area contributed by atoms with Crippen LogP contribution >= 0.6 is 0 Å². The van der Waals surface area contributed by atoms with Crippen molar-refractivity contribution in [2.45, 2.75) is 39.0 Å². The molecule has 0 saturated heterocycles. The van der Waals surface area contributed by atoms with Crippen LogP contribution in [-0.4, -0.2) is 13.1 Å². The van der Waals surface area contributed by atoms with E-state index in [1.165, 1.54) is 45.2 Å². The van der Waals surface area contributed by atoms with Crippen LogP contribution in [0.25, 0.3) is 0 Å². The fourth-order valence-corrected chi connectivity index (χ4v) is 2.92. The first kappa shape index (κ1) is 10.2. The molecule has 1 heteroatoms. The summed E-state index contributed by atoms with van der Waals surface area (Å²) in [7, 11) is 0. The third-order valence-electron chi connectivity index (χ3n) is 3.78. The molecule has 80 valence electrons. The van der Waals surface area contributed by atoms with Gasteiger partial charge in [0.05, 0.1) is 0 Å². The minimum Gasteiger partial charge on any atom is -0.316 e. The Morgan fingerprint density at radius 3 is 2.79 bits per heavy atom. The van der Waals surface area contributed by atoms with Crippen molar-refractivity contribution >= 4 is 0 Å². The van der Waals surface area contributed by atoms with E-state index in [4.69, 9.17) is 0 Å². The molecule has 1 nitrogen and oxygen atoms in total. The molecule has 0 unspecified atom stereocenters. The van der Waals surface area contributed by atoms with Gasteiger partial charge in [-0.1, -0.05) is 31.9 Å². The smallest absolute Gasteiger partial charge is 0.00147 e. The molecular weight excluding hydrogens is 170 g/mol. The number of nitrogens with one attached hydrogen (secondary N) is 1. The molecule has 1 fully saturated rings. The molecule has 0 aliphatic heterocycles. The van der Waals surface area contributed by atoms with E-state index in [9.17, 15) is 0 Å². The highest BCUT2D eigenvalue weighted by Crippen LogP contribution is 2.42. The van der Waals surface area contributed by atoms with Crippen molar-refractivity contribution in [2.75, 3.05) is 13.1 Å². The molecule has 0 aromatic rings. The normalized spacial score (nSPS) is 34.2. The summed E-state index contributed by atoms with van der Waals surface area (Å²) in [5.41, 5.74) is 0. The molecule has 0 spiro atoms. The first-order valence-corrected chi connectivity index (χ1v) is 6.29. The second-order valence-corrected chi connectivity index (χ2v) is 4.95. The molecular formula is C13H23N. The summed E-state index contributed by atoms with van der Waals surface area (Å²) in [5, 5.41) is 3.61. The molecule has 0 aromatic carbocycles. The first-order chi connectivity index (χ1) is 6.90. The van der Waals surface area contributed by atoms with Gasteiger partial charge in [-0.2, -0.15) is 0 Å². The van der Waals surface area contributed by atoms with Gasteiger partial charge >= 0.3 is 0 Å². The lowest BCUT2D eigenvalue weighted by atomic mass is 9.93. The first-order valence-electron chi connectivity index (χ1n) is 6.29. The van der Waals surface area contributed by atoms with E-state index in [1.807, 2.05) is 0 Å². The van der Waals surface area contributed by atoms with Crippen molar-refractivity contribution in [3.05, 3.63) is 12.2 Å². The zero-order chi connectivity index (χ0) is 9.80. The van der Waals surface area contributed by atoms with Crippen molar-refractivity contribution in [3.8, 4) is 0 Å². The van der Waals surface area contributed by atoms with Gasteiger partial charge < -0.3 is 5.32 Å². The third-order valence-corrected chi connectivity index (χ3v) is 3.78. The molecule has 0 aromatic heterocycles. The van der Waals surface area contributed by atoms with E-state index in [0.29, 0.717) is 0 Å². The minimum absolute atomic E-state index is 0.915. The van der Waals surface area contributed by atoms with Crippen molar-refractivity contribution < 1.29 is 0 Å². The summed E-state index contributed by atoms with van der Waals surface area (Å²) in [6.45, 7) is 4.75. The zero-order valence-electron chi connectivity index (χ0n) is 9.34. The van der Waals surface area contributed by atoms with Crippen LogP contribution in [0, 0.1) is 17.8 Å². The molecule has 14 heavy (non-hydrogen) atoms. The summed E-state index contributed by atoms with van der Waals surface area (Å²) in [6, 6.07) is 0. The fraction of sp³-hybridized carbons (Fsp3) is 0.846. The highest BCUT2D eigenvalue weighted by atomic mass is 14.9. The molecule has 0 radical (unpaired) electrons. The molecule has 2 bridgehead atoms. The van der Waals surface area contributed by atoms with E-state index < -0.39 is 0 Å². The van der Waals surface area contributed by atoms with Crippen LogP contribution in [0.15, 0.2) is 12.2 Å². The van der Waals surface area contributed by atoms with Gasteiger partial charge in [0.2, 0.25) is 0 Å². The summed E-state index contributed by atoms with van der Waals surface area (Å²) in [5.74, 6) is 2.80. The summed E-state index contributed by atoms with van der Waals surface area (Å²) in [6.07, 6.45) is 11.8. The van der Waals surface area contributed by atoms with Crippen molar-refractivity contribution in [1.82, 2.24) is 5.32 Å². The number of unbranched alkanes of at least 4 members (excludes halogenated alkanes) is 2. The van der Waals surface area contributed by atoms with E-state index in [2.05, 4.69) is 24.4 Å². The predicted octanol–water partition coefficient (Wildman–Crippen LogP) is 2.98. The standard InChI is InChI=1S/C13H23N/c1-2-3-4-7-14-10-13-9-11-5-6-12(13)8-11/h5-6,11-14H,2-4,7-10H2,1H3/t11-,12+,13-/m1/s1. The van der Waals surface area contributed by atoms with Gasteiger partial charge in [0, 0.05) is 0 Å². The van der Waals surface area contributed by atoms with Crippen molar-refractivity contribution in [3.63, 3.8) is 0 Å². The molecule has 1 saturated carbocycles. The number of hydrogen-bond donors (Lipinski definition) is 1. The third kappa shape index (κ3) is 2.38. The van der Waals surface area contributed by atoms with Crippen LogP contribution in [0.2, 0.25) is 0 Å². The van der Waals surface area contributed by atoms with Crippen LogP contribution < -0.4 is 5.32 Å². The average molecular weight is 193 g/mol. The maximum atomic E-state index is 3.61. The maximum Gasteiger partial charge on any atom is -0.00147 e. The van der Waals surface area contributed by atoms with E-state index in [1.54, 1.807) is 0 Å². The Hall–Kier alpha value is -0.300. The van der Waals surface area contributed by atoms with Crippen LogP contribution in [0.1, 0.15) is 39.0 Å². The zero-order valence-corrected chi connectivity index (χ0v) is 9.34. The fourth-order valence-electron chi connectivity index (χ4n) is 2.92. The van der Waals surface area contributed by atoms with E-state index in [0.717, 1.165) is 17.8 Å². The number of allylic oxidation sites excluding steroid dienone is 2. The topological polar surface area (TPSA) is 12.0 Å². The van der Waals surface area contributed by atoms with Crippen LogP contribution in [0.5, 0.6) is 0 Å². The van der Waals surface area contributed by atoms with E-state index >= 15 is 0 Å². The molecule has 2 aliphatic carbocycles. The summed E-state index contributed by atoms with van der Waals surface area (Å²) in [4.78, 5) is 0. The highest BCUT2D eigenvalue weighted by molar-refractivity contribution is 5.10. The SMILES string of the molecule is CCCCCNC[C@H]1C[C@@H]2C=C[C@H]1C2. The van der Waals surface area contributed by atoms with Crippen LogP contribution in [0.4, 0.5) is 0 Å². The Morgan fingerprint density at radius 1 is 1.21 bits per heavy atom. The largest absolute Gasteiger partial charge is 0.316 e. The van der Waals surface area contributed by atoms with Crippen LogP contribution in [0.3, 0.4) is 0 Å². The lowest BCUT2D eigenvalue weighted by Gasteiger charge is -2.18. The number of rotatable bonds is 6. The Bertz CT molecular complexity index is 197.